The van der Waals surface area contributed by atoms with E-state index >= 15 is 0 Å². The van der Waals surface area contributed by atoms with E-state index in [0.29, 0.717) is 62.7 Å². The number of amides is 6. The molecule has 0 aromatic carbocycles. The van der Waals surface area contributed by atoms with Gasteiger partial charge in [-0.1, -0.05) is 25.7 Å². The van der Waals surface area contributed by atoms with Crippen LogP contribution in [0.1, 0.15) is 64.2 Å². The lowest BCUT2D eigenvalue weighted by molar-refractivity contribution is -0.158. The zero-order chi connectivity index (χ0) is 24.5. The van der Waals surface area contributed by atoms with E-state index in [0.717, 1.165) is 38.6 Å². The fourth-order valence-corrected chi connectivity index (χ4v) is 5.36. The lowest BCUT2D eigenvalue weighted by atomic mass is 9.91. The number of urea groups is 1. The number of rotatable bonds is 11. The van der Waals surface area contributed by atoms with E-state index < -0.39 is 23.9 Å². The first kappa shape index (κ1) is 25.9. The molecule has 3 fully saturated rings. The summed E-state index contributed by atoms with van der Waals surface area (Å²) in [4.78, 5) is 64.1. The molecule has 1 aliphatic carbocycles. The van der Waals surface area contributed by atoms with Crippen molar-refractivity contribution in [3.8, 4) is 0 Å². The van der Waals surface area contributed by atoms with Crippen molar-refractivity contribution >= 4 is 30.2 Å². The molecule has 3 aliphatic rings. The van der Waals surface area contributed by atoms with Gasteiger partial charge in [0.25, 0.3) is 5.91 Å². The predicted molar refractivity (Wildman–Crippen MR) is 121 cm³/mol. The Morgan fingerprint density at radius 1 is 1.12 bits per heavy atom. The summed E-state index contributed by atoms with van der Waals surface area (Å²) in [7, 11) is 0. The van der Waals surface area contributed by atoms with E-state index in [1.54, 1.807) is 4.90 Å². The SMILES string of the molecule is O=CN(O)C[C@@H](CC1CCCC1)C(=O)N1CCC[C@H]1C(=O)NC(=O)NCCCN1CCCC1=O. The van der Waals surface area contributed by atoms with Crippen LogP contribution in [0.15, 0.2) is 0 Å². The summed E-state index contributed by atoms with van der Waals surface area (Å²) in [6.07, 6.45) is 8.24. The summed E-state index contributed by atoms with van der Waals surface area (Å²) in [5.74, 6) is -0.885. The highest BCUT2D eigenvalue weighted by atomic mass is 16.5. The number of imide groups is 1. The maximum atomic E-state index is 13.3. The molecule has 0 unspecified atom stereocenters. The highest BCUT2D eigenvalue weighted by Crippen LogP contribution is 2.32. The van der Waals surface area contributed by atoms with Crippen LogP contribution in [-0.4, -0.2) is 89.0 Å². The normalized spacial score (nSPS) is 21.6. The van der Waals surface area contributed by atoms with Crippen molar-refractivity contribution in [3.63, 3.8) is 0 Å². The van der Waals surface area contributed by atoms with Gasteiger partial charge in [-0.15, -0.1) is 0 Å². The molecule has 34 heavy (non-hydrogen) atoms. The van der Waals surface area contributed by atoms with Crippen molar-refractivity contribution in [2.75, 3.05) is 32.7 Å². The van der Waals surface area contributed by atoms with Crippen LogP contribution in [0, 0.1) is 11.8 Å². The summed E-state index contributed by atoms with van der Waals surface area (Å²) in [5.41, 5.74) is 0. The van der Waals surface area contributed by atoms with Gasteiger partial charge in [0.15, 0.2) is 0 Å². The summed E-state index contributed by atoms with van der Waals surface area (Å²) in [6, 6.07) is -1.38. The topological polar surface area (TPSA) is 139 Å². The first-order valence-corrected chi connectivity index (χ1v) is 12.5. The second-order valence-electron chi connectivity index (χ2n) is 9.58. The number of carbonyl (C=O) groups is 5. The van der Waals surface area contributed by atoms with Gasteiger partial charge in [-0.3, -0.25) is 29.7 Å². The van der Waals surface area contributed by atoms with Crippen molar-refractivity contribution in [2.24, 2.45) is 11.8 Å². The molecule has 0 aromatic rings. The van der Waals surface area contributed by atoms with Crippen LogP contribution in [0.3, 0.4) is 0 Å². The summed E-state index contributed by atoms with van der Waals surface area (Å²) in [5, 5.41) is 15.2. The third-order valence-corrected chi connectivity index (χ3v) is 7.11. The minimum Gasteiger partial charge on any atom is -0.343 e. The van der Waals surface area contributed by atoms with Gasteiger partial charge >= 0.3 is 6.03 Å². The molecule has 0 radical (unpaired) electrons. The van der Waals surface area contributed by atoms with Gasteiger partial charge in [0.05, 0.1) is 12.5 Å². The first-order chi connectivity index (χ1) is 16.4. The van der Waals surface area contributed by atoms with E-state index in [9.17, 15) is 29.2 Å². The molecule has 11 heteroatoms. The van der Waals surface area contributed by atoms with Gasteiger partial charge < -0.3 is 15.1 Å². The molecular weight excluding hydrogens is 442 g/mol. The molecule has 0 aromatic heterocycles. The maximum absolute atomic E-state index is 13.3. The highest BCUT2D eigenvalue weighted by molar-refractivity contribution is 5.99. The first-order valence-electron chi connectivity index (χ1n) is 12.5. The number of hydrogen-bond acceptors (Lipinski definition) is 6. The smallest absolute Gasteiger partial charge is 0.321 e. The standard InChI is InChI=1S/C23H37N5O6/c29-16-27(34)15-18(14-17-6-1-2-7-17)22(32)28-13-3-8-19(28)21(31)25-23(33)24-10-5-12-26-11-4-9-20(26)30/h16-19,34H,1-15H2,(H2,24,25,31,33)/t18-,19+/m1/s1. The Kier molecular flexibility index (Phi) is 9.67. The van der Waals surface area contributed by atoms with Crippen molar-refractivity contribution in [3.05, 3.63) is 0 Å². The van der Waals surface area contributed by atoms with Gasteiger partial charge in [-0.05, 0) is 38.0 Å². The molecule has 6 amide bonds. The van der Waals surface area contributed by atoms with Gasteiger partial charge in [0.1, 0.15) is 6.04 Å². The molecule has 1 saturated carbocycles. The van der Waals surface area contributed by atoms with Crippen LogP contribution in [0.5, 0.6) is 0 Å². The van der Waals surface area contributed by atoms with Crippen molar-refractivity contribution in [2.45, 2.75) is 70.3 Å². The van der Waals surface area contributed by atoms with Crippen LogP contribution in [0.25, 0.3) is 0 Å². The Morgan fingerprint density at radius 2 is 1.88 bits per heavy atom. The minimum atomic E-state index is -0.755. The number of carbonyl (C=O) groups excluding carboxylic acids is 5. The fraction of sp³-hybridized carbons (Fsp3) is 0.783. The van der Waals surface area contributed by atoms with Gasteiger partial charge in [0.2, 0.25) is 18.2 Å². The van der Waals surface area contributed by atoms with Crippen molar-refractivity contribution < 1.29 is 29.2 Å². The number of nitrogens with one attached hydrogen (secondary N) is 2. The second kappa shape index (κ2) is 12.7. The van der Waals surface area contributed by atoms with Crippen molar-refractivity contribution in [1.82, 2.24) is 25.5 Å². The van der Waals surface area contributed by atoms with Gasteiger partial charge in [-0.25, -0.2) is 9.86 Å². The van der Waals surface area contributed by atoms with E-state index in [1.165, 1.54) is 4.90 Å². The average molecular weight is 480 g/mol. The molecule has 2 saturated heterocycles. The fourth-order valence-electron chi connectivity index (χ4n) is 5.36. The van der Waals surface area contributed by atoms with Gasteiger partial charge in [-0.2, -0.15) is 0 Å². The third-order valence-electron chi connectivity index (χ3n) is 7.11. The molecule has 3 N–H and O–H groups in total. The third kappa shape index (κ3) is 7.15. The Balaban J connectivity index is 1.48. The Bertz CT molecular complexity index is 756. The van der Waals surface area contributed by atoms with Crippen molar-refractivity contribution in [1.29, 1.82) is 0 Å². The molecule has 11 nitrogen and oxygen atoms in total. The summed E-state index contributed by atoms with van der Waals surface area (Å²) >= 11 is 0. The quantitative estimate of drug-likeness (QED) is 0.174. The highest BCUT2D eigenvalue weighted by Gasteiger charge is 2.39. The van der Waals surface area contributed by atoms with E-state index in [-0.39, 0.29) is 24.8 Å². The lowest BCUT2D eigenvalue weighted by Gasteiger charge is -2.30. The van der Waals surface area contributed by atoms with Crippen LogP contribution < -0.4 is 10.6 Å². The van der Waals surface area contributed by atoms with Crippen LogP contribution in [0.4, 0.5) is 4.79 Å². The van der Waals surface area contributed by atoms with Gasteiger partial charge in [0, 0.05) is 32.6 Å². The Hall–Kier alpha value is -2.69. The Morgan fingerprint density at radius 3 is 2.56 bits per heavy atom. The molecule has 0 spiro atoms. The average Bonchev–Trinajstić information content (AvgIpc) is 3.58. The lowest BCUT2D eigenvalue weighted by Crippen LogP contribution is -2.52. The predicted octanol–water partition coefficient (Wildman–Crippen LogP) is 0.860. The van der Waals surface area contributed by atoms with Crippen LogP contribution in [0.2, 0.25) is 0 Å². The number of nitrogens with zero attached hydrogens (tertiary/aromatic N) is 3. The van der Waals surface area contributed by atoms with Crippen LogP contribution in [-0.2, 0) is 19.2 Å². The monoisotopic (exact) mass is 479 g/mol. The molecule has 2 atom stereocenters. The van der Waals surface area contributed by atoms with E-state index in [4.69, 9.17) is 0 Å². The summed E-state index contributed by atoms with van der Waals surface area (Å²) in [6.45, 7) is 1.94. The molecule has 190 valence electrons. The molecule has 2 heterocycles. The minimum absolute atomic E-state index is 0.107. The van der Waals surface area contributed by atoms with Crippen LogP contribution >= 0.6 is 0 Å². The Labute approximate surface area is 200 Å². The number of hydrogen-bond donors (Lipinski definition) is 3. The summed E-state index contributed by atoms with van der Waals surface area (Å²) < 4.78 is 0. The van der Waals surface area contributed by atoms with E-state index in [2.05, 4.69) is 10.6 Å². The molecule has 3 rings (SSSR count). The maximum Gasteiger partial charge on any atom is 0.321 e. The largest absolute Gasteiger partial charge is 0.343 e. The molecule has 0 bridgehead atoms. The molecule has 2 aliphatic heterocycles. The number of hydroxylamine groups is 2. The second-order valence-corrected chi connectivity index (χ2v) is 9.58. The van der Waals surface area contributed by atoms with E-state index in [1.807, 2.05) is 0 Å². The molecular formula is C23H37N5O6. The number of likely N-dealkylation sites (tertiary alicyclic amines) is 2. The zero-order valence-corrected chi connectivity index (χ0v) is 19.7. The zero-order valence-electron chi connectivity index (χ0n) is 19.7.